The summed E-state index contributed by atoms with van der Waals surface area (Å²) in [6.45, 7) is 4.26. The molecule has 0 fully saturated rings. The molecule has 0 amide bonds. The number of hydrogen-bond donors (Lipinski definition) is 1. The quantitative estimate of drug-likeness (QED) is 0.294. The maximum Gasteiger partial charge on any atom is 0.205 e. The van der Waals surface area contributed by atoms with Crippen LogP contribution < -0.4 is 0 Å². The van der Waals surface area contributed by atoms with Gasteiger partial charge in [-0.1, -0.05) is 55.5 Å². The number of rotatable bonds is 5. The predicted octanol–water partition coefficient (Wildman–Crippen LogP) is 6.30. The second-order valence-electron chi connectivity index (χ2n) is 9.64. The van der Waals surface area contributed by atoms with Gasteiger partial charge < -0.3 is 4.57 Å². The lowest BCUT2D eigenvalue weighted by atomic mass is 9.94. The van der Waals surface area contributed by atoms with Crippen molar-refractivity contribution in [1.29, 1.82) is 0 Å². The number of para-hydroxylation sites is 2. The van der Waals surface area contributed by atoms with Crippen molar-refractivity contribution >= 4 is 22.1 Å². The van der Waals surface area contributed by atoms with Crippen LogP contribution in [0, 0.1) is 6.92 Å². The molecule has 190 valence electrons. The third kappa shape index (κ3) is 3.64. The van der Waals surface area contributed by atoms with E-state index in [-0.39, 0.29) is 0 Å². The van der Waals surface area contributed by atoms with Gasteiger partial charge in [-0.2, -0.15) is 5.21 Å². The van der Waals surface area contributed by atoms with Gasteiger partial charge in [-0.15, -0.1) is 10.2 Å². The van der Waals surface area contributed by atoms with E-state index < -0.39 is 0 Å². The number of imidazole rings is 2. The average Bonchev–Trinajstić information content (AvgIpc) is 3.71. The highest BCUT2D eigenvalue weighted by Gasteiger charge is 2.21. The van der Waals surface area contributed by atoms with Crippen LogP contribution in [0.5, 0.6) is 0 Å². The first kappa shape index (κ1) is 23.0. The molecule has 3 aromatic heterocycles. The third-order valence-electron chi connectivity index (χ3n) is 7.42. The Hall–Kier alpha value is -5.11. The van der Waals surface area contributed by atoms with E-state index in [0.29, 0.717) is 5.82 Å². The van der Waals surface area contributed by atoms with Crippen LogP contribution in [0.25, 0.3) is 61.7 Å². The molecule has 0 atom stereocenters. The molecule has 8 heteroatoms. The Balaban J connectivity index is 1.47. The average molecular weight is 511 g/mol. The van der Waals surface area contributed by atoms with Crippen molar-refractivity contribution in [3.05, 3.63) is 96.3 Å². The Morgan fingerprint density at radius 3 is 2.36 bits per heavy atom. The fraction of sp³-hybridized carbons (Fsp3) is 0.129. The zero-order valence-electron chi connectivity index (χ0n) is 21.9. The predicted molar refractivity (Wildman–Crippen MR) is 154 cm³/mol. The number of aromatic amines is 1. The van der Waals surface area contributed by atoms with Gasteiger partial charge in [-0.25, -0.2) is 9.97 Å². The molecular weight excluding hydrogens is 484 g/mol. The second kappa shape index (κ2) is 9.02. The lowest BCUT2D eigenvalue weighted by Gasteiger charge is -2.17. The number of hydrogen-bond acceptors (Lipinski definition) is 5. The van der Waals surface area contributed by atoms with Crippen molar-refractivity contribution in [2.45, 2.75) is 20.3 Å². The van der Waals surface area contributed by atoms with Gasteiger partial charge in [0, 0.05) is 24.6 Å². The molecule has 4 aromatic carbocycles. The van der Waals surface area contributed by atoms with Crippen molar-refractivity contribution in [2.75, 3.05) is 0 Å². The van der Waals surface area contributed by atoms with Gasteiger partial charge in [0.2, 0.25) is 5.82 Å². The number of tetrazole rings is 1. The molecule has 0 aliphatic carbocycles. The summed E-state index contributed by atoms with van der Waals surface area (Å²) in [5.74, 6) is 2.48. The highest BCUT2D eigenvalue weighted by atomic mass is 15.5. The summed E-state index contributed by atoms with van der Waals surface area (Å²) in [5.41, 5.74) is 10.3. The van der Waals surface area contributed by atoms with Crippen molar-refractivity contribution in [2.24, 2.45) is 7.05 Å². The van der Waals surface area contributed by atoms with Gasteiger partial charge in [0.25, 0.3) is 0 Å². The highest BCUT2D eigenvalue weighted by molar-refractivity contribution is 5.89. The van der Waals surface area contributed by atoms with E-state index in [1.165, 1.54) is 0 Å². The summed E-state index contributed by atoms with van der Waals surface area (Å²) in [5, 5.41) is 15.2. The molecule has 0 bridgehead atoms. The van der Waals surface area contributed by atoms with E-state index in [1.54, 1.807) is 0 Å². The van der Waals surface area contributed by atoms with E-state index in [0.717, 1.165) is 73.6 Å². The monoisotopic (exact) mass is 510 g/mol. The molecule has 0 aliphatic rings. The Morgan fingerprint density at radius 2 is 1.59 bits per heavy atom. The summed E-state index contributed by atoms with van der Waals surface area (Å²) < 4.78 is 4.40. The Kier molecular flexibility index (Phi) is 5.33. The molecule has 0 aliphatic heterocycles. The molecule has 7 aromatic rings. The first-order valence-corrected chi connectivity index (χ1v) is 13.0. The molecule has 0 spiro atoms. The van der Waals surface area contributed by atoms with Crippen LogP contribution >= 0.6 is 0 Å². The summed E-state index contributed by atoms with van der Waals surface area (Å²) >= 11 is 0. The molecule has 1 N–H and O–H groups in total. The Morgan fingerprint density at radius 1 is 0.795 bits per heavy atom. The maximum atomic E-state index is 5.01. The van der Waals surface area contributed by atoms with E-state index in [4.69, 9.17) is 9.97 Å². The number of aromatic nitrogens is 8. The molecule has 8 nitrogen and oxygen atoms in total. The van der Waals surface area contributed by atoms with Crippen LogP contribution in [0.1, 0.15) is 18.3 Å². The maximum absolute atomic E-state index is 5.01. The number of nitrogens with one attached hydrogen (secondary N) is 1. The van der Waals surface area contributed by atoms with Crippen molar-refractivity contribution in [3.63, 3.8) is 0 Å². The number of benzene rings is 4. The third-order valence-corrected chi connectivity index (χ3v) is 7.42. The van der Waals surface area contributed by atoms with Crippen molar-refractivity contribution in [1.82, 2.24) is 39.7 Å². The standard InChI is InChI=1S/C31H26N8/c1-4-28-32-24-16-14-21(31-33-23-12-8-9-13-26(23)38(31)3)18-27(24)39(28)25-17-15-22(20-10-6-5-7-11-20)29(19(25)2)30-34-36-37-35-30/h5-18H,4H2,1-3H3,(H,34,35,36,37). The van der Waals surface area contributed by atoms with Crippen LogP contribution in [-0.2, 0) is 13.5 Å². The van der Waals surface area contributed by atoms with Crippen LogP contribution in [0.15, 0.2) is 84.9 Å². The normalized spacial score (nSPS) is 11.6. The first-order valence-electron chi connectivity index (χ1n) is 13.0. The fourth-order valence-electron chi connectivity index (χ4n) is 5.53. The smallest absolute Gasteiger partial charge is 0.205 e. The van der Waals surface area contributed by atoms with E-state index >= 15 is 0 Å². The van der Waals surface area contributed by atoms with Crippen molar-refractivity contribution < 1.29 is 0 Å². The molecule has 0 saturated heterocycles. The SMILES string of the molecule is CCc1nc2ccc(-c3nc4ccccc4n3C)cc2n1-c1ccc(-c2ccccc2)c(-c2nn[nH]n2)c1C. The van der Waals surface area contributed by atoms with E-state index in [9.17, 15) is 0 Å². The summed E-state index contributed by atoms with van der Waals surface area (Å²) in [6.07, 6.45) is 0.785. The Bertz CT molecular complexity index is 1960. The van der Waals surface area contributed by atoms with Gasteiger partial charge in [0.15, 0.2) is 0 Å². The lowest BCUT2D eigenvalue weighted by molar-refractivity contribution is 0.881. The van der Waals surface area contributed by atoms with Gasteiger partial charge in [0.05, 0.1) is 27.8 Å². The molecule has 0 saturated carbocycles. The topological polar surface area (TPSA) is 90.1 Å². The Labute approximate surface area is 225 Å². The molecule has 3 heterocycles. The first-order chi connectivity index (χ1) is 19.1. The fourth-order valence-corrected chi connectivity index (χ4v) is 5.53. The summed E-state index contributed by atoms with van der Waals surface area (Å²) in [7, 11) is 2.06. The van der Waals surface area contributed by atoms with Crippen LogP contribution in [-0.4, -0.2) is 39.7 Å². The highest BCUT2D eigenvalue weighted by Crippen LogP contribution is 2.38. The largest absolute Gasteiger partial charge is 0.327 e. The van der Waals surface area contributed by atoms with E-state index in [2.05, 4.69) is 99.2 Å². The van der Waals surface area contributed by atoms with Gasteiger partial charge in [-0.05, 0) is 65.2 Å². The molecule has 7 rings (SSSR count). The van der Waals surface area contributed by atoms with Crippen LogP contribution in [0.3, 0.4) is 0 Å². The minimum Gasteiger partial charge on any atom is -0.327 e. The number of nitrogens with zero attached hydrogens (tertiary/aromatic N) is 7. The minimum absolute atomic E-state index is 0.566. The number of aryl methyl sites for hydroxylation is 2. The van der Waals surface area contributed by atoms with Gasteiger partial charge >= 0.3 is 0 Å². The van der Waals surface area contributed by atoms with Gasteiger partial charge in [-0.3, -0.25) is 4.57 Å². The molecule has 0 unspecified atom stereocenters. The van der Waals surface area contributed by atoms with Gasteiger partial charge in [0.1, 0.15) is 11.6 Å². The number of fused-ring (bicyclic) bond motifs is 2. The molecular formula is C31H26N8. The zero-order valence-corrected chi connectivity index (χ0v) is 21.9. The van der Waals surface area contributed by atoms with Crippen molar-refractivity contribution in [3.8, 4) is 39.6 Å². The summed E-state index contributed by atoms with van der Waals surface area (Å²) in [4.78, 5) is 9.94. The minimum atomic E-state index is 0.566. The zero-order chi connectivity index (χ0) is 26.5. The molecule has 0 radical (unpaired) electrons. The molecule has 39 heavy (non-hydrogen) atoms. The van der Waals surface area contributed by atoms with E-state index in [1.807, 2.05) is 36.4 Å². The van der Waals surface area contributed by atoms with Crippen LogP contribution in [0.2, 0.25) is 0 Å². The van der Waals surface area contributed by atoms with Crippen LogP contribution in [0.4, 0.5) is 0 Å². The lowest BCUT2D eigenvalue weighted by Crippen LogP contribution is -2.05. The second-order valence-corrected chi connectivity index (χ2v) is 9.64. The summed E-state index contributed by atoms with van der Waals surface area (Å²) in [6, 6.07) is 29.2. The number of H-pyrrole nitrogens is 1.